The fourth-order valence-electron chi connectivity index (χ4n) is 4.87. The van der Waals surface area contributed by atoms with Crippen molar-refractivity contribution in [1.29, 1.82) is 0 Å². The van der Waals surface area contributed by atoms with E-state index in [1.165, 1.54) is 16.8 Å². The standard InChI is InChI=1S/C23H26F3N7O4S2/c1-22(3-4-22)30-39(35,36)15-10-16(31-5-7-32(8-6-31)20(34)14-2-9-37-13-14)17-11-27-18(33(17)12-15)19-28-29-21(38-19)23(24,25)26/h10-12,14,30H,2-9,13H2,1H3. The van der Waals surface area contributed by atoms with Crippen molar-refractivity contribution >= 4 is 38.5 Å². The lowest BCUT2D eigenvalue weighted by atomic mass is 10.1. The second kappa shape index (κ2) is 9.38. The summed E-state index contributed by atoms with van der Waals surface area (Å²) >= 11 is 0.339. The minimum absolute atomic E-state index is 0.0421. The van der Waals surface area contributed by atoms with Crippen LogP contribution in [0.3, 0.4) is 0 Å². The largest absolute Gasteiger partial charge is 0.445 e. The van der Waals surface area contributed by atoms with Crippen LogP contribution in [0.25, 0.3) is 16.3 Å². The van der Waals surface area contributed by atoms with Crippen LogP contribution in [0.5, 0.6) is 0 Å². The summed E-state index contributed by atoms with van der Waals surface area (Å²) < 4.78 is 75.8. The third-order valence-corrected chi connectivity index (χ3v) is 9.92. The molecule has 3 aromatic heterocycles. The van der Waals surface area contributed by atoms with Gasteiger partial charge in [0.1, 0.15) is 4.90 Å². The van der Waals surface area contributed by atoms with Crippen molar-refractivity contribution in [2.75, 3.05) is 44.3 Å². The van der Waals surface area contributed by atoms with Gasteiger partial charge in [-0.05, 0) is 32.3 Å². The molecule has 0 spiro atoms. The average molecular weight is 586 g/mol. The van der Waals surface area contributed by atoms with Gasteiger partial charge in [-0.2, -0.15) is 13.2 Å². The highest BCUT2D eigenvalue weighted by Crippen LogP contribution is 2.38. The molecule has 3 aliphatic rings. The summed E-state index contributed by atoms with van der Waals surface area (Å²) in [6, 6.07) is 1.55. The van der Waals surface area contributed by atoms with Gasteiger partial charge < -0.3 is 14.5 Å². The van der Waals surface area contributed by atoms with E-state index >= 15 is 0 Å². The number of aromatic nitrogens is 4. The van der Waals surface area contributed by atoms with E-state index in [-0.39, 0.29) is 27.6 Å². The Morgan fingerprint density at radius 1 is 1.21 bits per heavy atom. The maximum Gasteiger partial charge on any atom is 0.445 e. The summed E-state index contributed by atoms with van der Waals surface area (Å²) in [7, 11) is -3.95. The lowest BCUT2D eigenvalue weighted by molar-refractivity contribution is -0.138. The molecule has 210 valence electrons. The molecule has 3 aromatic rings. The Morgan fingerprint density at radius 3 is 2.56 bits per heavy atom. The third-order valence-electron chi connectivity index (χ3n) is 7.36. The van der Waals surface area contributed by atoms with Gasteiger partial charge in [0.2, 0.25) is 20.9 Å². The van der Waals surface area contributed by atoms with Crippen LogP contribution in [0.1, 0.15) is 31.2 Å². The fourth-order valence-corrected chi connectivity index (χ4v) is 7.06. The maximum absolute atomic E-state index is 13.4. The van der Waals surface area contributed by atoms with E-state index in [4.69, 9.17) is 4.74 Å². The van der Waals surface area contributed by atoms with Crippen LogP contribution in [0.2, 0.25) is 0 Å². The van der Waals surface area contributed by atoms with Gasteiger partial charge >= 0.3 is 6.18 Å². The Labute approximate surface area is 226 Å². The predicted molar refractivity (Wildman–Crippen MR) is 135 cm³/mol. The molecule has 3 fully saturated rings. The van der Waals surface area contributed by atoms with Crippen molar-refractivity contribution in [3.8, 4) is 10.8 Å². The monoisotopic (exact) mass is 585 g/mol. The molecule has 0 bridgehead atoms. The first kappa shape index (κ1) is 26.4. The van der Waals surface area contributed by atoms with Crippen molar-refractivity contribution in [2.45, 2.75) is 42.8 Å². The number of nitrogens with zero attached hydrogens (tertiary/aromatic N) is 6. The summed E-state index contributed by atoms with van der Waals surface area (Å²) in [5.74, 6) is -0.0275. The number of pyridine rings is 1. The molecule has 1 N–H and O–H groups in total. The van der Waals surface area contributed by atoms with E-state index in [2.05, 4.69) is 19.9 Å². The highest BCUT2D eigenvalue weighted by Gasteiger charge is 2.42. The average Bonchev–Trinajstić information content (AvgIpc) is 3.38. The number of fused-ring (bicyclic) bond motifs is 1. The molecule has 11 nitrogen and oxygen atoms in total. The number of hydrogen-bond donors (Lipinski definition) is 1. The second-order valence-corrected chi connectivity index (χ2v) is 13.0. The summed E-state index contributed by atoms with van der Waals surface area (Å²) in [4.78, 5) is 20.9. The first-order chi connectivity index (χ1) is 18.4. The summed E-state index contributed by atoms with van der Waals surface area (Å²) in [5.41, 5.74) is 0.534. The number of halogens is 3. The smallest absolute Gasteiger partial charge is 0.381 e. The molecule has 1 unspecified atom stereocenters. The Bertz CT molecular complexity index is 1520. The number of amides is 1. The number of sulfonamides is 1. The summed E-state index contributed by atoms with van der Waals surface area (Å²) in [5, 5.41) is 5.73. The van der Waals surface area contributed by atoms with E-state index in [0.29, 0.717) is 81.2 Å². The van der Waals surface area contributed by atoms with Crippen LogP contribution in [-0.2, 0) is 25.7 Å². The van der Waals surface area contributed by atoms with Gasteiger partial charge in [0.15, 0.2) is 10.8 Å². The number of alkyl halides is 3. The maximum atomic E-state index is 13.4. The Kier molecular flexibility index (Phi) is 6.35. The van der Waals surface area contributed by atoms with Crippen molar-refractivity contribution in [3.63, 3.8) is 0 Å². The third kappa shape index (κ3) is 5.10. The van der Waals surface area contributed by atoms with Crippen molar-refractivity contribution in [1.82, 2.24) is 29.2 Å². The SMILES string of the molecule is CC1(NS(=O)(=O)c2cc(N3CCN(C(=O)C4CCOC4)CC3)c3cnc(-c4nnc(C(F)(F)F)s4)n3c2)CC1. The number of nitrogens with one attached hydrogen (secondary N) is 1. The zero-order chi connectivity index (χ0) is 27.6. The van der Waals surface area contributed by atoms with E-state index in [1.54, 1.807) is 11.0 Å². The number of piperazine rings is 1. The van der Waals surface area contributed by atoms with Crippen molar-refractivity contribution in [2.24, 2.45) is 5.92 Å². The Balaban J connectivity index is 1.36. The molecule has 1 saturated carbocycles. The van der Waals surface area contributed by atoms with Crippen LogP contribution in [0, 0.1) is 5.92 Å². The number of carbonyl (C=O) groups is 1. The Morgan fingerprint density at radius 2 is 1.95 bits per heavy atom. The minimum Gasteiger partial charge on any atom is -0.381 e. The Hall–Kier alpha value is -2.82. The molecule has 1 aliphatic carbocycles. The molecule has 0 aromatic carbocycles. The van der Waals surface area contributed by atoms with Gasteiger partial charge in [0.25, 0.3) is 0 Å². The topological polar surface area (TPSA) is 122 Å². The fraction of sp³-hybridized carbons (Fsp3) is 0.565. The molecule has 5 heterocycles. The number of hydrogen-bond acceptors (Lipinski definition) is 9. The van der Waals surface area contributed by atoms with Gasteiger partial charge in [-0.25, -0.2) is 18.1 Å². The van der Waals surface area contributed by atoms with Crippen LogP contribution in [-0.4, -0.2) is 83.7 Å². The number of rotatable bonds is 6. The molecule has 1 amide bonds. The molecule has 2 saturated heterocycles. The van der Waals surface area contributed by atoms with Crippen LogP contribution >= 0.6 is 11.3 Å². The lowest BCUT2D eigenvalue weighted by Gasteiger charge is -2.37. The second-order valence-electron chi connectivity index (χ2n) is 10.3. The quantitative estimate of drug-likeness (QED) is 0.468. The summed E-state index contributed by atoms with van der Waals surface area (Å²) in [6.45, 7) is 4.60. The van der Waals surface area contributed by atoms with Crippen molar-refractivity contribution in [3.05, 3.63) is 23.5 Å². The normalized spacial score (nSPS) is 21.6. The number of ether oxygens (including phenoxy) is 1. The summed E-state index contributed by atoms with van der Waals surface area (Å²) in [6.07, 6.45) is 0.303. The molecule has 0 radical (unpaired) electrons. The number of imidazole rings is 1. The van der Waals surface area contributed by atoms with E-state index in [0.717, 1.165) is 0 Å². The van der Waals surface area contributed by atoms with E-state index in [9.17, 15) is 26.4 Å². The molecular weight excluding hydrogens is 559 g/mol. The lowest BCUT2D eigenvalue weighted by Crippen LogP contribution is -2.50. The van der Waals surface area contributed by atoms with Gasteiger partial charge in [-0.1, -0.05) is 11.3 Å². The van der Waals surface area contributed by atoms with E-state index < -0.39 is 26.7 Å². The molecule has 39 heavy (non-hydrogen) atoms. The highest BCUT2D eigenvalue weighted by molar-refractivity contribution is 7.89. The number of carbonyl (C=O) groups excluding carboxylic acids is 1. The van der Waals surface area contributed by atoms with Gasteiger partial charge in [-0.15, -0.1) is 10.2 Å². The zero-order valence-electron chi connectivity index (χ0n) is 20.9. The van der Waals surface area contributed by atoms with Crippen molar-refractivity contribution < 1.29 is 31.1 Å². The van der Waals surface area contributed by atoms with Gasteiger partial charge in [0, 0.05) is 44.5 Å². The first-order valence-electron chi connectivity index (χ1n) is 12.5. The number of anilines is 1. The predicted octanol–water partition coefficient (Wildman–Crippen LogP) is 2.39. The first-order valence-corrected chi connectivity index (χ1v) is 14.8. The van der Waals surface area contributed by atoms with Crippen LogP contribution in [0.4, 0.5) is 18.9 Å². The van der Waals surface area contributed by atoms with E-state index in [1.807, 2.05) is 11.8 Å². The van der Waals surface area contributed by atoms with Gasteiger partial charge in [-0.3, -0.25) is 9.20 Å². The molecule has 6 rings (SSSR count). The minimum atomic E-state index is -4.66. The molecule has 1 atom stereocenters. The zero-order valence-corrected chi connectivity index (χ0v) is 22.6. The van der Waals surface area contributed by atoms with Gasteiger partial charge in [0.05, 0.1) is 29.9 Å². The van der Waals surface area contributed by atoms with Crippen LogP contribution < -0.4 is 9.62 Å². The van der Waals surface area contributed by atoms with Crippen LogP contribution in [0.15, 0.2) is 23.4 Å². The highest BCUT2D eigenvalue weighted by atomic mass is 32.2. The molecular formula is C23H26F3N7O4S2. The molecule has 2 aliphatic heterocycles. The molecule has 16 heteroatoms.